The Hall–Kier alpha value is -4.26. The van der Waals surface area contributed by atoms with Crippen LogP contribution in [0.15, 0.2) is 90.8 Å². The van der Waals surface area contributed by atoms with E-state index in [2.05, 4.69) is 47.8 Å². The van der Waals surface area contributed by atoms with E-state index in [4.69, 9.17) is 14.2 Å². The summed E-state index contributed by atoms with van der Waals surface area (Å²) in [6.07, 6.45) is 7.44. The molecule has 1 aliphatic heterocycles. The van der Waals surface area contributed by atoms with E-state index in [0.29, 0.717) is 42.8 Å². The van der Waals surface area contributed by atoms with Gasteiger partial charge in [-0.15, -0.1) is 0 Å². The van der Waals surface area contributed by atoms with E-state index < -0.39 is 23.7 Å². The molecule has 0 bridgehead atoms. The van der Waals surface area contributed by atoms with Crippen LogP contribution in [-0.4, -0.2) is 49.8 Å². The molecule has 2 amide bonds. The van der Waals surface area contributed by atoms with Gasteiger partial charge in [0, 0.05) is 33.2 Å². The number of ether oxygens (including phenoxy) is 3. The molecule has 260 valence electrons. The van der Waals surface area contributed by atoms with Crippen molar-refractivity contribution >= 4 is 89.0 Å². The maximum Gasteiger partial charge on any atom is 0.238 e. The third-order valence-corrected chi connectivity index (χ3v) is 12.8. The number of anilines is 1. The fraction of sp³-hybridized carbons (Fsp3) is 0.231. The molecule has 51 heavy (non-hydrogen) atoms. The van der Waals surface area contributed by atoms with E-state index in [1.165, 1.54) is 18.1 Å². The van der Waals surface area contributed by atoms with Gasteiger partial charge in [0.1, 0.15) is 11.5 Å². The Morgan fingerprint density at radius 1 is 0.824 bits per heavy atom. The number of benzene rings is 3. The lowest BCUT2D eigenvalue weighted by atomic mass is 9.59. The third-order valence-electron chi connectivity index (χ3n) is 10.1. The summed E-state index contributed by atoms with van der Waals surface area (Å²) in [6.45, 7) is 0. The van der Waals surface area contributed by atoms with E-state index >= 15 is 0 Å². The van der Waals surface area contributed by atoms with Gasteiger partial charge in [0.15, 0.2) is 23.1 Å². The Bertz CT molecular complexity index is 2170. The SMILES string of the molecule is COc1ccc(OC)c(C=Cc2ccc(N3C(=O)[C@H]4[C@H](CC=C5[C@H](c6cc(OC)c(O)c(Br)c6Br)C6=C(C[C@H]54)C(=O)C(Br)=CC6=O)C3=O)cc2)c1. The predicted octanol–water partition coefficient (Wildman–Crippen LogP) is 8.08. The fourth-order valence-electron chi connectivity index (χ4n) is 7.68. The van der Waals surface area contributed by atoms with Gasteiger partial charge in [-0.25, -0.2) is 0 Å². The van der Waals surface area contributed by atoms with E-state index in [9.17, 15) is 24.3 Å². The van der Waals surface area contributed by atoms with Crippen LogP contribution in [0.1, 0.15) is 35.4 Å². The molecule has 9 nitrogen and oxygen atoms in total. The van der Waals surface area contributed by atoms with Crippen LogP contribution >= 0.6 is 47.8 Å². The van der Waals surface area contributed by atoms with Crippen LogP contribution in [0, 0.1) is 17.8 Å². The van der Waals surface area contributed by atoms with Crippen LogP contribution in [0.2, 0.25) is 0 Å². The first-order chi connectivity index (χ1) is 24.5. The molecule has 0 unspecified atom stereocenters. The van der Waals surface area contributed by atoms with Gasteiger partial charge in [0.05, 0.1) is 47.8 Å². The molecule has 1 N–H and O–H groups in total. The maximum absolute atomic E-state index is 14.4. The molecule has 0 radical (unpaired) electrons. The zero-order valence-electron chi connectivity index (χ0n) is 27.5. The van der Waals surface area contributed by atoms with Crippen LogP contribution in [0.4, 0.5) is 5.69 Å². The minimum atomic E-state index is -0.747. The van der Waals surface area contributed by atoms with Gasteiger partial charge in [-0.3, -0.25) is 24.1 Å². The van der Waals surface area contributed by atoms with Gasteiger partial charge < -0.3 is 19.3 Å². The monoisotopic (exact) mass is 877 g/mol. The normalized spacial score (nSPS) is 22.8. The molecule has 0 aromatic heterocycles. The van der Waals surface area contributed by atoms with E-state index in [1.54, 1.807) is 32.4 Å². The Morgan fingerprint density at radius 2 is 1.55 bits per heavy atom. The van der Waals surface area contributed by atoms with Crippen molar-refractivity contribution in [3.63, 3.8) is 0 Å². The highest BCUT2D eigenvalue weighted by molar-refractivity contribution is 9.13. The maximum atomic E-state index is 14.4. The lowest BCUT2D eigenvalue weighted by Crippen LogP contribution is -2.39. The Kier molecular flexibility index (Phi) is 9.45. The number of ketones is 2. The second-order valence-corrected chi connectivity index (χ2v) is 15.0. The minimum Gasteiger partial charge on any atom is -0.503 e. The van der Waals surface area contributed by atoms with Crippen molar-refractivity contribution in [3.05, 3.63) is 108 Å². The van der Waals surface area contributed by atoms with Crippen molar-refractivity contribution in [2.24, 2.45) is 17.8 Å². The molecule has 0 spiro atoms. The van der Waals surface area contributed by atoms with Crippen LogP contribution in [0.3, 0.4) is 0 Å². The molecule has 1 fully saturated rings. The van der Waals surface area contributed by atoms with Crippen molar-refractivity contribution in [3.8, 4) is 23.0 Å². The second kappa shape index (κ2) is 13.7. The summed E-state index contributed by atoms with van der Waals surface area (Å²) >= 11 is 10.3. The summed E-state index contributed by atoms with van der Waals surface area (Å²) in [4.78, 5) is 56.9. The molecular weight excluding hydrogens is 850 g/mol. The average molecular weight is 880 g/mol. The molecule has 1 heterocycles. The summed E-state index contributed by atoms with van der Waals surface area (Å²) in [6, 6.07) is 14.3. The van der Waals surface area contributed by atoms with Crippen molar-refractivity contribution in [2.45, 2.75) is 18.8 Å². The number of aromatic hydroxyl groups is 1. The summed E-state index contributed by atoms with van der Waals surface area (Å²) in [5, 5.41) is 10.7. The number of methoxy groups -OCH3 is 3. The largest absolute Gasteiger partial charge is 0.503 e. The number of imide groups is 1. The van der Waals surface area contributed by atoms with Crippen LogP contribution in [0.25, 0.3) is 12.2 Å². The number of carbonyl (C=O) groups excluding carboxylic acids is 4. The number of Topliss-reactive ketones (excluding diaryl/α,β-unsaturated/α-hetero) is 1. The van der Waals surface area contributed by atoms with Crippen LogP contribution in [0.5, 0.6) is 23.0 Å². The molecule has 0 saturated carbocycles. The summed E-state index contributed by atoms with van der Waals surface area (Å²) in [5.74, 6) is -2.54. The zero-order valence-corrected chi connectivity index (χ0v) is 32.3. The fourth-order valence-corrected chi connectivity index (χ4v) is 9.09. The molecular formula is C39H30Br3NO8. The number of phenols is 1. The van der Waals surface area contributed by atoms with Gasteiger partial charge >= 0.3 is 0 Å². The minimum absolute atomic E-state index is 0.130. The highest BCUT2D eigenvalue weighted by Gasteiger charge is 2.57. The van der Waals surface area contributed by atoms with Gasteiger partial charge in [-0.1, -0.05) is 35.9 Å². The average Bonchev–Trinajstić information content (AvgIpc) is 3.40. The molecule has 7 rings (SSSR count). The quantitative estimate of drug-likeness (QED) is 0.110. The Labute approximate surface area is 319 Å². The summed E-state index contributed by atoms with van der Waals surface area (Å²) in [5.41, 5.74) is 4.10. The third kappa shape index (κ3) is 5.81. The number of nitrogens with zero attached hydrogens (tertiary/aromatic N) is 1. The number of amides is 2. The van der Waals surface area contributed by atoms with Gasteiger partial charge in [0.25, 0.3) is 0 Å². The first kappa shape index (κ1) is 35.2. The number of carbonyl (C=O) groups is 4. The smallest absolute Gasteiger partial charge is 0.238 e. The Morgan fingerprint density at radius 3 is 2.24 bits per heavy atom. The van der Waals surface area contributed by atoms with E-state index in [-0.39, 0.29) is 52.2 Å². The number of phenolic OH excluding ortho intramolecular Hbond substituents is 1. The number of hydrogen-bond donors (Lipinski definition) is 1. The number of allylic oxidation sites excluding steroid dienone is 6. The highest BCUT2D eigenvalue weighted by atomic mass is 79.9. The zero-order chi connectivity index (χ0) is 36.3. The first-order valence-corrected chi connectivity index (χ1v) is 18.4. The van der Waals surface area contributed by atoms with Gasteiger partial charge in [-0.2, -0.15) is 0 Å². The lowest BCUT2D eigenvalue weighted by Gasteiger charge is -2.42. The van der Waals surface area contributed by atoms with Crippen molar-refractivity contribution in [1.82, 2.24) is 0 Å². The van der Waals surface area contributed by atoms with E-state index in [0.717, 1.165) is 16.7 Å². The van der Waals surface area contributed by atoms with Gasteiger partial charge in [0.2, 0.25) is 11.8 Å². The van der Waals surface area contributed by atoms with E-state index in [1.807, 2.05) is 48.6 Å². The lowest BCUT2D eigenvalue weighted by molar-refractivity contribution is -0.123. The highest BCUT2D eigenvalue weighted by Crippen LogP contribution is 2.58. The number of rotatable bonds is 7. The first-order valence-electron chi connectivity index (χ1n) is 16.0. The molecule has 3 aliphatic carbocycles. The van der Waals surface area contributed by atoms with Crippen LogP contribution < -0.4 is 19.1 Å². The summed E-state index contributed by atoms with van der Waals surface area (Å²) in [7, 11) is 4.62. The van der Waals surface area contributed by atoms with Crippen LogP contribution in [-0.2, 0) is 19.2 Å². The number of fused-ring (bicyclic) bond motifs is 3. The molecule has 1 saturated heterocycles. The topological polar surface area (TPSA) is 119 Å². The van der Waals surface area contributed by atoms with Crippen molar-refractivity contribution < 1.29 is 38.5 Å². The standard InChI is InChI=1S/C39H30Br3NO8/c1-49-21-10-13-29(50-2)19(14-21)7-4-18-5-8-20(9-6-18)43-38(47)23-12-11-22-24(32(23)39(43)48)15-26-33(28(44)17-27(40)36(26)45)31(22)25-16-30(51-3)37(46)35(42)34(25)41/h4-11,13-14,16-17,23-24,31-32,46H,12,15H2,1-3H3/t23-,24+,31+,32-/m0/s1. The van der Waals surface area contributed by atoms with Crippen molar-refractivity contribution in [2.75, 3.05) is 26.2 Å². The Balaban J connectivity index is 1.24. The molecule has 3 aromatic carbocycles. The van der Waals surface area contributed by atoms with Gasteiger partial charge in [-0.05, 0) is 114 Å². The summed E-state index contributed by atoms with van der Waals surface area (Å²) < 4.78 is 17.2. The molecule has 12 heteroatoms. The molecule has 3 aromatic rings. The predicted molar refractivity (Wildman–Crippen MR) is 202 cm³/mol. The number of hydrogen-bond acceptors (Lipinski definition) is 8. The molecule has 4 aliphatic rings. The second-order valence-electron chi connectivity index (χ2n) is 12.6. The number of halogens is 3. The molecule has 4 atom stereocenters. The van der Waals surface area contributed by atoms with Crippen molar-refractivity contribution in [1.29, 1.82) is 0 Å².